The molecule has 0 aliphatic carbocycles. The fraction of sp³-hybridized carbons (Fsp3) is 0.440. The number of hydrogen-bond acceptors (Lipinski definition) is 8. The molecule has 0 spiro atoms. The van der Waals surface area contributed by atoms with E-state index in [9.17, 15) is 9.59 Å². The zero-order valence-electron chi connectivity index (χ0n) is 20.5. The van der Waals surface area contributed by atoms with Gasteiger partial charge in [-0.05, 0) is 36.2 Å². The van der Waals surface area contributed by atoms with Crippen molar-refractivity contribution in [2.45, 2.75) is 18.5 Å². The molecule has 2 fully saturated rings. The quantitative estimate of drug-likeness (QED) is 0.612. The van der Waals surface area contributed by atoms with E-state index in [1.165, 1.54) is 21.3 Å². The molecule has 188 valence electrons. The minimum absolute atomic E-state index is 0.0356. The Bertz CT molecular complexity index is 1030. The normalized spacial score (nSPS) is 19.9. The van der Waals surface area contributed by atoms with Crippen molar-refractivity contribution >= 4 is 11.8 Å². The van der Waals surface area contributed by atoms with Crippen LogP contribution in [0.15, 0.2) is 36.4 Å². The Labute approximate surface area is 205 Å². The van der Waals surface area contributed by atoms with E-state index in [-0.39, 0.29) is 23.9 Å². The van der Waals surface area contributed by atoms with Gasteiger partial charge in [-0.1, -0.05) is 12.1 Å². The summed E-state index contributed by atoms with van der Waals surface area (Å²) < 4.78 is 21.3. The molecule has 4 rings (SSSR count). The van der Waals surface area contributed by atoms with Crippen LogP contribution in [-0.2, 0) is 4.79 Å². The molecule has 10 nitrogen and oxygen atoms in total. The fourth-order valence-electron chi connectivity index (χ4n) is 4.51. The van der Waals surface area contributed by atoms with Gasteiger partial charge in [-0.3, -0.25) is 9.59 Å². The van der Waals surface area contributed by atoms with Gasteiger partial charge in [-0.25, -0.2) is 10.9 Å². The third kappa shape index (κ3) is 5.13. The molecule has 2 heterocycles. The van der Waals surface area contributed by atoms with Crippen molar-refractivity contribution in [3.8, 4) is 23.0 Å². The van der Waals surface area contributed by atoms with E-state index >= 15 is 0 Å². The lowest BCUT2D eigenvalue weighted by Gasteiger charge is -2.36. The lowest BCUT2D eigenvalue weighted by Crippen LogP contribution is -2.54. The fourth-order valence-corrected chi connectivity index (χ4v) is 4.51. The number of methoxy groups -OCH3 is 4. The van der Waals surface area contributed by atoms with Crippen molar-refractivity contribution < 1.29 is 28.5 Å². The number of piperazine rings is 1. The predicted molar refractivity (Wildman–Crippen MR) is 129 cm³/mol. The van der Waals surface area contributed by atoms with Crippen molar-refractivity contribution in [2.75, 3.05) is 54.6 Å². The van der Waals surface area contributed by atoms with Crippen LogP contribution in [0.1, 0.15) is 28.4 Å². The number of carbonyl (C=O) groups is 2. The molecule has 0 bridgehead atoms. The number of benzene rings is 2. The molecule has 2 aromatic rings. The van der Waals surface area contributed by atoms with E-state index in [1.54, 1.807) is 24.1 Å². The molecule has 0 radical (unpaired) electrons. The first-order chi connectivity index (χ1) is 17.0. The topological polar surface area (TPSA) is 102 Å². The molecular formula is C25H32N4O6. The monoisotopic (exact) mass is 484 g/mol. The zero-order valence-corrected chi connectivity index (χ0v) is 20.5. The van der Waals surface area contributed by atoms with Crippen LogP contribution in [0.25, 0.3) is 0 Å². The minimum atomic E-state index is -0.320. The molecule has 2 N–H and O–H groups in total. The molecule has 0 saturated carbocycles. The van der Waals surface area contributed by atoms with Gasteiger partial charge < -0.3 is 28.7 Å². The van der Waals surface area contributed by atoms with Crippen LogP contribution < -0.4 is 29.8 Å². The predicted octanol–water partition coefficient (Wildman–Crippen LogP) is 1.61. The van der Waals surface area contributed by atoms with Crippen molar-refractivity contribution in [1.82, 2.24) is 20.7 Å². The first-order valence-electron chi connectivity index (χ1n) is 11.5. The number of rotatable bonds is 7. The number of hydrogen-bond donors (Lipinski definition) is 2. The molecular weight excluding hydrogens is 452 g/mol. The molecule has 2 aliphatic rings. The Balaban J connectivity index is 1.34. The first-order valence-corrected chi connectivity index (χ1v) is 11.5. The molecule has 2 amide bonds. The van der Waals surface area contributed by atoms with E-state index in [0.29, 0.717) is 55.4 Å². The third-order valence-corrected chi connectivity index (χ3v) is 6.51. The number of nitrogens with zero attached hydrogens (tertiary/aromatic N) is 2. The second-order valence-corrected chi connectivity index (χ2v) is 8.43. The van der Waals surface area contributed by atoms with Crippen LogP contribution >= 0.6 is 0 Å². The highest BCUT2D eigenvalue weighted by Gasteiger charge is 2.35. The molecule has 10 heteroatoms. The highest BCUT2D eigenvalue weighted by atomic mass is 16.5. The summed E-state index contributed by atoms with van der Waals surface area (Å²) >= 11 is 0. The lowest BCUT2D eigenvalue weighted by atomic mass is 10.0. The maximum absolute atomic E-state index is 13.2. The smallest absolute Gasteiger partial charge is 0.254 e. The van der Waals surface area contributed by atoms with Crippen molar-refractivity contribution in [1.29, 1.82) is 0 Å². The summed E-state index contributed by atoms with van der Waals surface area (Å²) in [6.07, 6.45) is 0.649. The highest BCUT2D eigenvalue weighted by molar-refractivity contribution is 5.96. The Morgan fingerprint density at radius 2 is 1.40 bits per heavy atom. The summed E-state index contributed by atoms with van der Waals surface area (Å²) in [5.74, 6) is 1.98. The van der Waals surface area contributed by atoms with Gasteiger partial charge in [0.05, 0.1) is 28.4 Å². The summed E-state index contributed by atoms with van der Waals surface area (Å²) in [5, 5.41) is 0. The average molecular weight is 485 g/mol. The van der Waals surface area contributed by atoms with Crippen molar-refractivity contribution in [2.24, 2.45) is 0 Å². The number of carbonyl (C=O) groups excluding carboxylic acids is 2. The summed E-state index contributed by atoms with van der Waals surface area (Å²) in [6.45, 7) is 1.84. The summed E-state index contributed by atoms with van der Waals surface area (Å²) in [4.78, 5) is 29.8. The largest absolute Gasteiger partial charge is 0.497 e. The third-order valence-electron chi connectivity index (χ3n) is 6.51. The van der Waals surface area contributed by atoms with Gasteiger partial charge in [0.15, 0.2) is 11.5 Å². The Morgan fingerprint density at radius 1 is 0.800 bits per heavy atom. The second-order valence-electron chi connectivity index (χ2n) is 8.43. The molecule has 2 unspecified atom stereocenters. The van der Waals surface area contributed by atoms with Crippen molar-refractivity contribution in [3.63, 3.8) is 0 Å². The molecule has 35 heavy (non-hydrogen) atoms. The van der Waals surface area contributed by atoms with Crippen LogP contribution in [-0.4, -0.2) is 82.3 Å². The van der Waals surface area contributed by atoms with Crippen LogP contribution in [0.2, 0.25) is 0 Å². The minimum Gasteiger partial charge on any atom is -0.497 e. The summed E-state index contributed by atoms with van der Waals surface area (Å²) in [6, 6.07) is 10.8. The van der Waals surface area contributed by atoms with Crippen molar-refractivity contribution in [3.05, 3.63) is 47.5 Å². The van der Waals surface area contributed by atoms with Gasteiger partial charge in [-0.15, -0.1) is 0 Å². The average Bonchev–Trinajstić information content (AvgIpc) is 3.41. The van der Waals surface area contributed by atoms with E-state index in [2.05, 4.69) is 10.9 Å². The van der Waals surface area contributed by atoms with Gasteiger partial charge in [0.25, 0.3) is 5.91 Å². The van der Waals surface area contributed by atoms with Gasteiger partial charge in [0, 0.05) is 37.8 Å². The Hall–Kier alpha value is -3.50. The Morgan fingerprint density at radius 3 is 1.94 bits per heavy atom. The maximum atomic E-state index is 13.2. The molecule has 2 aromatic carbocycles. The molecule has 2 aliphatic heterocycles. The van der Waals surface area contributed by atoms with E-state index in [0.717, 1.165) is 11.3 Å². The van der Waals surface area contributed by atoms with E-state index in [4.69, 9.17) is 18.9 Å². The van der Waals surface area contributed by atoms with Gasteiger partial charge >= 0.3 is 0 Å². The SMILES string of the molecule is COc1ccc(C2CC(C(=O)N3CCN(C(=O)c4cc(OC)c(OC)c(OC)c4)CC3)NN2)cc1. The van der Waals surface area contributed by atoms with Gasteiger partial charge in [0.1, 0.15) is 11.8 Å². The van der Waals surface area contributed by atoms with Crippen LogP contribution in [0.5, 0.6) is 23.0 Å². The molecule has 2 atom stereocenters. The maximum Gasteiger partial charge on any atom is 0.254 e. The highest BCUT2D eigenvalue weighted by Crippen LogP contribution is 2.38. The lowest BCUT2D eigenvalue weighted by molar-refractivity contribution is -0.134. The van der Waals surface area contributed by atoms with Crippen LogP contribution in [0.4, 0.5) is 0 Å². The van der Waals surface area contributed by atoms with Crippen LogP contribution in [0, 0.1) is 0 Å². The second kappa shape index (κ2) is 10.8. The van der Waals surface area contributed by atoms with E-state index < -0.39 is 0 Å². The number of hydrazine groups is 1. The zero-order chi connectivity index (χ0) is 24.9. The van der Waals surface area contributed by atoms with Gasteiger partial charge in [-0.2, -0.15) is 0 Å². The standard InChI is InChI=1S/C25H32N4O6/c1-32-18-7-5-16(6-8-18)19-15-20(27-26-19)25(31)29-11-9-28(10-12-29)24(30)17-13-21(33-2)23(35-4)22(14-17)34-3/h5-8,13-14,19-20,26-27H,9-12,15H2,1-4H3. The number of amides is 2. The molecule has 2 saturated heterocycles. The number of ether oxygens (including phenoxy) is 4. The number of nitrogens with one attached hydrogen (secondary N) is 2. The Kier molecular flexibility index (Phi) is 7.62. The van der Waals surface area contributed by atoms with Gasteiger partial charge in [0.2, 0.25) is 11.7 Å². The summed E-state index contributed by atoms with van der Waals surface area (Å²) in [5.41, 5.74) is 7.90. The van der Waals surface area contributed by atoms with Crippen LogP contribution in [0.3, 0.4) is 0 Å². The van der Waals surface area contributed by atoms with E-state index in [1.807, 2.05) is 29.2 Å². The molecule has 0 aromatic heterocycles. The first kappa shape index (κ1) is 24.6. The summed E-state index contributed by atoms with van der Waals surface area (Å²) in [7, 11) is 6.19.